The maximum Gasteiger partial charge on any atom is 0.254 e. The van der Waals surface area contributed by atoms with E-state index < -0.39 is 0 Å². The molecule has 1 aliphatic heterocycles. The Kier molecular flexibility index (Phi) is 4.75. The number of nitrogens with one attached hydrogen (secondary N) is 1. The van der Waals surface area contributed by atoms with Gasteiger partial charge in [-0.05, 0) is 24.6 Å². The summed E-state index contributed by atoms with van der Waals surface area (Å²) in [6, 6.07) is 7.02. The molecule has 0 fully saturated rings. The number of carbonyl (C=O) groups is 1. The first-order valence-electron chi connectivity index (χ1n) is 7.35. The number of nitrogens with zero attached hydrogens (tertiary/aromatic N) is 2. The summed E-state index contributed by atoms with van der Waals surface area (Å²) < 4.78 is 12.0. The highest BCUT2D eigenvalue weighted by Crippen LogP contribution is 2.32. The van der Waals surface area contributed by atoms with Crippen molar-refractivity contribution in [3.8, 4) is 11.5 Å². The number of carbonyl (C=O) groups excluding carboxylic acids is 1. The zero-order chi connectivity index (χ0) is 17.1. The zero-order valence-corrected chi connectivity index (χ0v) is 14.2. The Morgan fingerprint density at radius 2 is 2.12 bits per heavy atom. The Hall–Kier alpha value is -2.48. The van der Waals surface area contributed by atoms with Gasteiger partial charge in [0.05, 0.1) is 5.75 Å². The number of amides is 1. The van der Waals surface area contributed by atoms with Gasteiger partial charge in [-0.2, -0.15) is 0 Å². The van der Waals surface area contributed by atoms with Crippen molar-refractivity contribution in [3.63, 3.8) is 0 Å². The molecule has 2 heterocycles. The molecule has 7 nitrogen and oxygen atoms in total. The molecule has 3 rings (SSSR count). The minimum Gasteiger partial charge on any atom is -0.454 e. The van der Waals surface area contributed by atoms with Gasteiger partial charge in [-0.15, -0.1) is 0 Å². The Bertz CT molecular complexity index is 835. The third-order valence-electron chi connectivity index (χ3n) is 3.48. The monoisotopic (exact) mass is 347 g/mol. The molecular formula is C16H17N3O4S. The van der Waals surface area contributed by atoms with Crippen LogP contribution in [0.1, 0.15) is 11.3 Å². The quantitative estimate of drug-likeness (QED) is 0.647. The minimum absolute atomic E-state index is 0.131. The lowest BCUT2D eigenvalue weighted by molar-refractivity contribution is -0.118. The molecule has 8 heteroatoms. The van der Waals surface area contributed by atoms with E-state index in [9.17, 15) is 9.59 Å². The van der Waals surface area contributed by atoms with E-state index >= 15 is 0 Å². The van der Waals surface area contributed by atoms with Crippen molar-refractivity contribution in [2.45, 2.75) is 18.6 Å². The molecule has 24 heavy (non-hydrogen) atoms. The van der Waals surface area contributed by atoms with Crippen LogP contribution in [0.25, 0.3) is 0 Å². The Morgan fingerprint density at radius 1 is 1.33 bits per heavy atom. The van der Waals surface area contributed by atoms with Crippen molar-refractivity contribution in [1.82, 2.24) is 14.9 Å². The number of fused-ring (bicyclic) bond motifs is 1. The summed E-state index contributed by atoms with van der Waals surface area (Å²) in [7, 11) is 1.64. The molecule has 1 N–H and O–H groups in total. The van der Waals surface area contributed by atoms with E-state index in [2.05, 4.69) is 10.3 Å². The van der Waals surface area contributed by atoms with Gasteiger partial charge in [-0.25, -0.2) is 4.98 Å². The van der Waals surface area contributed by atoms with E-state index in [1.54, 1.807) is 14.0 Å². The van der Waals surface area contributed by atoms with Crippen LogP contribution in [0.2, 0.25) is 0 Å². The molecule has 1 aromatic carbocycles. The molecule has 0 saturated carbocycles. The lowest BCUT2D eigenvalue weighted by Gasteiger charge is -2.08. The summed E-state index contributed by atoms with van der Waals surface area (Å²) in [6.07, 6.45) is 0. The van der Waals surface area contributed by atoms with Crippen LogP contribution in [-0.2, 0) is 18.4 Å². The van der Waals surface area contributed by atoms with E-state index in [4.69, 9.17) is 9.47 Å². The third kappa shape index (κ3) is 3.70. The first kappa shape index (κ1) is 16.4. The number of ether oxygens (including phenoxy) is 2. The maximum absolute atomic E-state index is 12.0. The second kappa shape index (κ2) is 6.96. The van der Waals surface area contributed by atoms with Gasteiger partial charge in [0.15, 0.2) is 16.7 Å². The molecule has 126 valence electrons. The standard InChI is InChI=1S/C16H17N3O4S/c1-10-5-15(21)19(2)16(18-10)24-8-14(20)17-7-11-3-4-12-13(6-11)23-9-22-12/h3-6H,7-9H2,1-2H3,(H,17,20). The summed E-state index contributed by atoms with van der Waals surface area (Å²) >= 11 is 1.23. The smallest absolute Gasteiger partial charge is 0.254 e. The normalized spacial score (nSPS) is 12.2. The van der Waals surface area contributed by atoms with Crippen molar-refractivity contribution in [2.24, 2.45) is 7.05 Å². The van der Waals surface area contributed by atoms with Crippen molar-refractivity contribution < 1.29 is 14.3 Å². The Morgan fingerprint density at radius 3 is 2.96 bits per heavy atom. The zero-order valence-electron chi connectivity index (χ0n) is 13.4. The van der Waals surface area contributed by atoms with Crippen molar-refractivity contribution in [1.29, 1.82) is 0 Å². The van der Waals surface area contributed by atoms with Crippen LogP contribution in [0, 0.1) is 6.92 Å². The number of hydrogen-bond acceptors (Lipinski definition) is 6. The lowest BCUT2D eigenvalue weighted by Crippen LogP contribution is -2.25. The van der Waals surface area contributed by atoms with Crippen molar-refractivity contribution in [2.75, 3.05) is 12.5 Å². The van der Waals surface area contributed by atoms with Crippen LogP contribution in [0.4, 0.5) is 0 Å². The van der Waals surface area contributed by atoms with Crippen LogP contribution in [-0.4, -0.2) is 28.0 Å². The van der Waals surface area contributed by atoms with Crippen LogP contribution >= 0.6 is 11.8 Å². The fourth-order valence-electron chi connectivity index (χ4n) is 2.19. The maximum atomic E-state index is 12.0. The van der Waals surface area contributed by atoms with Gasteiger partial charge in [0.25, 0.3) is 5.56 Å². The Balaban J connectivity index is 1.54. The first-order chi connectivity index (χ1) is 11.5. The average Bonchev–Trinajstić information content (AvgIpc) is 3.02. The topological polar surface area (TPSA) is 82.5 Å². The van der Waals surface area contributed by atoms with Gasteiger partial charge in [-0.1, -0.05) is 17.8 Å². The van der Waals surface area contributed by atoms with E-state index in [-0.39, 0.29) is 24.0 Å². The average molecular weight is 347 g/mol. The van der Waals surface area contributed by atoms with E-state index in [1.165, 1.54) is 22.4 Å². The van der Waals surface area contributed by atoms with Crippen molar-refractivity contribution >= 4 is 17.7 Å². The molecule has 0 unspecified atom stereocenters. The van der Waals surface area contributed by atoms with Gasteiger partial charge in [-0.3, -0.25) is 14.2 Å². The molecule has 1 aromatic heterocycles. The molecule has 0 saturated heterocycles. The summed E-state index contributed by atoms with van der Waals surface area (Å²) in [6.45, 7) is 2.38. The number of thioether (sulfide) groups is 1. The number of hydrogen-bond donors (Lipinski definition) is 1. The first-order valence-corrected chi connectivity index (χ1v) is 8.34. The highest BCUT2D eigenvalue weighted by atomic mass is 32.2. The second-order valence-corrected chi connectivity index (χ2v) is 6.27. The molecule has 1 aliphatic rings. The van der Waals surface area contributed by atoms with Gasteiger partial charge < -0.3 is 14.8 Å². The molecule has 2 aromatic rings. The highest BCUT2D eigenvalue weighted by molar-refractivity contribution is 7.99. The van der Waals surface area contributed by atoms with Crippen LogP contribution < -0.4 is 20.3 Å². The van der Waals surface area contributed by atoms with Crippen molar-refractivity contribution in [3.05, 3.63) is 45.9 Å². The predicted octanol–water partition coefficient (Wildman–Crippen LogP) is 1.23. The molecule has 0 bridgehead atoms. The van der Waals surface area contributed by atoms with E-state index in [0.29, 0.717) is 28.9 Å². The van der Waals surface area contributed by atoms with E-state index in [1.807, 2.05) is 18.2 Å². The van der Waals surface area contributed by atoms with Gasteiger partial charge in [0.1, 0.15) is 0 Å². The highest BCUT2D eigenvalue weighted by Gasteiger charge is 2.13. The lowest BCUT2D eigenvalue weighted by atomic mass is 10.2. The minimum atomic E-state index is -0.134. The Labute approximate surface area is 143 Å². The SMILES string of the molecule is Cc1cc(=O)n(C)c(SCC(=O)NCc2ccc3c(c2)OCO3)n1. The summed E-state index contributed by atoms with van der Waals surface area (Å²) in [5.74, 6) is 1.46. The third-order valence-corrected chi connectivity index (χ3v) is 4.51. The molecular weight excluding hydrogens is 330 g/mol. The fourth-order valence-corrected chi connectivity index (χ4v) is 3.04. The molecule has 0 aliphatic carbocycles. The van der Waals surface area contributed by atoms with Gasteiger partial charge in [0.2, 0.25) is 12.7 Å². The summed E-state index contributed by atoms with van der Waals surface area (Å²) in [5, 5.41) is 3.36. The molecule has 0 spiro atoms. The summed E-state index contributed by atoms with van der Waals surface area (Å²) in [4.78, 5) is 28.0. The van der Waals surface area contributed by atoms with Crippen LogP contribution in [0.15, 0.2) is 34.2 Å². The molecule has 1 amide bonds. The van der Waals surface area contributed by atoms with Gasteiger partial charge in [0, 0.05) is 25.4 Å². The molecule has 0 atom stereocenters. The second-order valence-electron chi connectivity index (χ2n) is 5.33. The molecule has 0 radical (unpaired) electrons. The van der Waals surface area contributed by atoms with Gasteiger partial charge >= 0.3 is 0 Å². The largest absolute Gasteiger partial charge is 0.454 e. The number of benzene rings is 1. The number of aryl methyl sites for hydroxylation is 1. The van der Waals surface area contributed by atoms with Crippen LogP contribution in [0.3, 0.4) is 0 Å². The fraction of sp³-hybridized carbons (Fsp3) is 0.312. The predicted molar refractivity (Wildman–Crippen MR) is 89.4 cm³/mol. The summed E-state index contributed by atoms with van der Waals surface area (Å²) in [5.41, 5.74) is 1.44. The number of aromatic nitrogens is 2. The number of rotatable bonds is 5. The van der Waals surface area contributed by atoms with E-state index in [0.717, 1.165) is 5.56 Å². The van der Waals surface area contributed by atoms with Crippen LogP contribution in [0.5, 0.6) is 11.5 Å².